The molecular weight excluding hydrogens is 520 g/mol. The predicted octanol–water partition coefficient (Wildman–Crippen LogP) is 4.31. The third-order valence-electron chi connectivity index (χ3n) is 8.27. The topological polar surface area (TPSA) is 111 Å². The zero-order valence-corrected chi connectivity index (χ0v) is 23.0. The van der Waals surface area contributed by atoms with Crippen LogP contribution in [-0.4, -0.2) is 64.3 Å². The fourth-order valence-corrected chi connectivity index (χ4v) is 5.90. The van der Waals surface area contributed by atoms with Gasteiger partial charge in [0.15, 0.2) is 23.0 Å². The van der Waals surface area contributed by atoms with Gasteiger partial charge in [0.25, 0.3) is 0 Å². The second-order valence-electron chi connectivity index (χ2n) is 10.2. The fraction of sp³-hybridized carbons (Fsp3) is 0.433. The zero-order valence-electron chi connectivity index (χ0n) is 23.0. The quantitative estimate of drug-likeness (QED) is 0.426. The van der Waals surface area contributed by atoms with Gasteiger partial charge in [-0.3, -0.25) is 0 Å². The first-order valence-electron chi connectivity index (χ1n) is 13.2. The van der Waals surface area contributed by atoms with Gasteiger partial charge < -0.3 is 43.0 Å². The van der Waals surface area contributed by atoms with Crippen molar-refractivity contribution >= 4 is 16.7 Å². The second kappa shape index (κ2) is 10.3. The minimum Gasteiger partial charge on any atom is -0.493 e. The highest BCUT2D eigenvalue weighted by Crippen LogP contribution is 2.50. The molecule has 3 aromatic rings. The first-order valence-corrected chi connectivity index (χ1v) is 13.2. The van der Waals surface area contributed by atoms with E-state index in [2.05, 4.69) is 0 Å². The van der Waals surface area contributed by atoms with Crippen LogP contribution in [0.4, 0.5) is 0 Å². The maximum Gasteiger partial charge on any atom is 0.339 e. The van der Waals surface area contributed by atoms with Gasteiger partial charge in [-0.05, 0) is 47.1 Å². The van der Waals surface area contributed by atoms with E-state index in [-0.39, 0.29) is 31.8 Å². The largest absolute Gasteiger partial charge is 0.493 e. The van der Waals surface area contributed by atoms with E-state index >= 15 is 0 Å². The van der Waals surface area contributed by atoms with Crippen LogP contribution in [0, 0.1) is 11.8 Å². The Morgan fingerprint density at radius 3 is 2.33 bits per heavy atom. The molecule has 0 saturated carbocycles. The number of benzene rings is 3. The van der Waals surface area contributed by atoms with Crippen LogP contribution in [0.5, 0.6) is 28.7 Å². The van der Waals surface area contributed by atoms with Crippen LogP contribution in [0.1, 0.15) is 29.8 Å². The standard InChI is InChI=1S/C30H32O10/c1-14-15(2)27(35-5)30(39-24(14)11-31)40-28-18-10-22(34-4)21(33-3)9-17(18)25(26-19(28)12-36-29(26)32)16-6-7-20-23(8-16)38-13-37-20/h6-10,14-15,24,27,30-31H,11-13H2,1-5H3. The van der Waals surface area contributed by atoms with Crippen LogP contribution in [0.2, 0.25) is 0 Å². The SMILES string of the molecule is COc1cc2c(OC3OC(CO)C(C)C(C)C3OC)c3c(c(-c4ccc5c(c4)OCO5)c2cc1OC)C(=O)OC3. The minimum absolute atomic E-state index is 0.0189. The molecule has 40 heavy (non-hydrogen) atoms. The Labute approximate surface area is 231 Å². The van der Waals surface area contributed by atoms with Crippen molar-refractivity contribution < 1.29 is 47.8 Å². The van der Waals surface area contributed by atoms with Crippen LogP contribution >= 0.6 is 0 Å². The zero-order chi connectivity index (χ0) is 28.1. The highest BCUT2D eigenvalue weighted by Gasteiger charge is 2.44. The van der Waals surface area contributed by atoms with E-state index in [0.717, 1.165) is 5.56 Å². The van der Waals surface area contributed by atoms with Crippen molar-refractivity contribution in [2.75, 3.05) is 34.7 Å². The molecular formula is C30H32O10. The van der Waals surface area contributed by atoms with Gasteiger partial charge in [0.2, 0.25) is 13.1 Å². The van der Waals surface area contributed by atoms with E-state index in [9.17, 15) is 9.90 Å². The number of fused-ring (bicyclic) bond motifs is 3. The van der Waals surface area contributed by atoms with E-state index in [0.29, 0.717) is 56.2 Å². The summed E-state index contributed by atoms with van der Waals surface area (Å²) in [7, 11) is 4.72. The molecule has 6 rings (SSSR count). The highest BCUT2D eigenvalue weighted by atomic mass is 16.7. The fourth-order valence-electron chi connectivity index (χ4n) is 5.90. The first-order chi connectivity index (χ1) is 19.4. The second-order valence-corrected chi connectivity index (χ2v) is 10.2. The molecule has 5 unspecified atom stereocenters. The van der Waals surface area contributed by atoms with Crippen molar-refractivity contribution in [3.05, 3.63) is 41.5 Å². The number of ether oxygens (including phenoxy) is 8. The molecule has 3 aliphatic heterocycles. The molecule has 0 aromatic heterocycles. The first kappa shape index (κ1) is 26.5. The summed E-state index contributed by atoms with van der Waals surface area (Å²) in [6.07, 6.45) is -1.71. The summed E-state index contributed by atoms with van der Waals surface area (Å²) >= 11 is 0. The summed E-state index contributed by atoms with van der Waals surface area (Å²) in [6, 6.07) is 9.19. The van der Waals surface area contributed by atoms with E-state index in [4.69, 9.17) is 37.9 Å². The monoisotopic (exact) mass is 552 g/mol. The molecule has 1 fully saturated rings. The molecule has 3 heterocycles. The molecule has 3 aromatic carbocycles. The number of carbonyl (C=O) groups excluding carboxylic acids is 1. The van der Waals surface area contributed by atoms with E-state index in [1.54, 1.807) is 21.3 Å². The summed E-state index contributed by atoms with van der Waals surface area (Å²) < 4.78 is 46.6. The lowest BCUT2D eigenvalue weighted by Gasteiger charge is -2.43. The molecule has 1 saturated heterocycles. The smallest absolute Gasteiger partial charge is 0.339 e. The Balaban J connectivity index is 1.59. The molecule has 0 bridgehead atoms. The summed E-state index contributed by atoms with van der Waals surface area (Å²) in [5.41, 5.74) is 2.37. The molecule has 0 spiro atoms. The molecule has 10 nitrogen and oxygen atoms in total. The van der Waals surface area contributed by atoms with Gasteiger partial charge in [-0.1, -0.05) is 19.9 Å². The minimum atomic E-state index is -0.846. The Hall–Kier alpha value is -3.73. The van der Waals surface area contributed by atoms with Crippen molar-refractivity contribution in [3.8, 4) is 39.9 Å². The lowest BCUT2D eigenvalue weighted by molar-refractivity contribution is -0.250. The summed E-state index contributed by atoms with van der Waals surface area (Å²) in [5, 5.41) is 11.4. The normalized spacial score (nSPS) is 25.1. The highest BCUT2D eigenvalue weighted by molar-refractivity contribution is 6.14. The number of rotatable bonds is 7. The number of cyclic esters (lactones) is 1. The van der Waals surface area contributed by atoms with Gasteiger partial charge in [0.05, 0.1) is 32.5 Å². The maximum atomic E-state index is 13.3. The van der Waals surface area contributed by atoms with Crippen LogP contribution in [-0.2, 0) is 20.8 Å². The van der Waals surface area contributed by atoms with Crippen molar-refractivity contribution in [3.63, 3.8) is 0 Å². The van der Waals surface area contributed by atoms with Gasteiger partial charge in [0.1, 0.15) is 18.5 Å². The summed E-state index contributed by atoms with van der Waals surface area (Å²) in [4.78, 5) is 13.3. The Bertz CT molecular complexity index is 1470. The van der Waals surface area contributed by atoms with Gasteiger partial charge in [-0.25, -0.2) is 4.79 Å². The van der Waals surface area contributed by atoms with Crippen LogP contribution < -0.4 is 23.7 Å². The number of hydrogen-bond donors (Lipinski definition) is 1. The Morgan fingerprint density at radius 1 is 0.900 bits per heavy atom. The molecule has 0 amide bonds. The molecule has 10 heteroatoms. The van der Waals surface area contributed by atoms with Gasteiger partial charge >= 0.3 is 5.97 Å². The molecule has 3 aliphatic rings. The van der Waals surface area contributed by atoms with Crippen LogP contribution in [0.25, 0.3) is 21.9 Å². The van der Waals surface area contributed by atoms with Crippen molar-refractivity contribution in [1.82, 2.24) is 0 Å². The summed E-state index contributed by atoms with van der Waals surface area (Å²) in [5.74, 6) is 2.22. The van der Waals surface area contributed by atoms with Gasteiger partial charge in [-0.2, -0.15) is 0 Å². The number of hydrogen-bond acceptors (Lipinski definition) is 10. The average Bonchev–Trinajstić information content (AvgIpc) is 3.60. The van der Waals surface area contributed by atoms with Gasteiger partial charge in [0, 0.05) is 23.6 Å². The number of methoxy groups -OCH3 is 3. The third-order valence-corrected chi connectivity index (χ3v) is 8.27. The lowest BCUT2D eigenvalue weighted by Crippen LogP contribution is -2.53. The number of carbonyl (C=O) groups is 1. The predicted molar refractivity (Wildman–Crippen MR) is 143 cm³/mol. The lowest BCUT2D eigenvalue weighted by atomic mass is 9.83. The van der Waals surface area contributed by atoms with Crippen molar-refractivity contribution in [2.45, 2.75) is 39.0 Å². The van der Waals surface area contributed by atoms with Crippen LogP contribution in [0.15, 0.2) is 30.3 Å². The van der Waals surface area contributed by atoms with Gasteiger partial charge in [-0.15, -0.1) is 0 Å². The number of esters is 1. The number of aliphatic hydroxyl groups is 1. The van der Waals surface area contributed by atoms with E-state index < -0.39 is 24.5 Å². The van der Waals surface area contributed by atoms with E-state index in [1.165, 1.54) is 0 Å². The average molecular weight is 553 g/mol. The third kappa shape index (κ3) is 4.09. The van der Waals surface area contributed by atoms with E-state index in [1.807, 2.05) is 44.2 Å². The molecule has 0 radical (unpaired) electrons. The van der Waals surface area contributed by atoms with Crippen molar-refractivity contribution in [1.29, 1.82) is 0 Å². The summed E-state index contributed by atoms with van der Waals surface area (Å²) in [6.45, 7) is 4.06. The molecule has 0 aliphatic carbocycles. The van der Waals surface area contributed by atoms with Crippen LogP contribution in [0.3, 0.4) is 0 Å². The number of aliphatic hydroxyl groups excluding tert-OH is 1. The van der Waals surface area contributed by atoms with Crippen molar-refractivity contribution in [2.24, 2.45) is 11.8 Å². The molecule has 212 valence electrons. The Morgan fingerprint density at radius 2 is 1.62 bits per heavy atom. The maximum absolute atomic E-state index is 13.3. The molecule has 1 N–H and O–H groups in total. The molecule has 5 atom stereocenters. The Kier molecular flexibility index (Phi) is 6.85.